The molecule has 3 fully saturated rings. The van der Waals surface area contributed by atoms with Gasteiger partial charge < -0.3 is 18.9 Å². The van der Waals surface area contributed by atoms with Gasteiger partial charge in [0, 0.05) is 5.92 Å². The van der Waals surface area contributed by atoms with Crippen LogP contribution in [0, 0.1) is 11.3 Å². The summed E-state index contributed by atoms with van der Waals surface area (Å²) in [7, 11) is 0. The molecule has 1 aromatic carbocycles. The summed E-state index contributed by atoms with van der Waals surface area (Å²) in [5.41, 5.74) is -0.423. The minimum Gasteiger partial charge on any atom is -0.460 e. The highest BCUT2D eigenvalue weighted by Gasteiger charge is 2.70. The summed E-state index contributed by atoms with van der Waals surface area (Å²) in [6.07, 6.45) is 3.10. The summed E-state index contributed by atoms with van der Waals surface area (Å²) in [4.78, 5) is 13.6. The highest BCUT2D eigenvalue weighted by atomic mass is 16.9. The average molecular weight is 389 g/mol. The van der Waals surface area contributed by atoms with Gasteiger partial charge in [-0.25, -0.2) is 4.79 Å². The van der Waals surface area contributed by atoms with E-state index in [-0.39, 0.29) is 17.5 Å². The van der Waals surface area contributed by atoms with Crippen LogP contribution in [0.1, 0.15) is 65.9 Å². The van der Waals surface area contributed by atoms with Crippen LogP contribution in [0.15, 0.2) is 30.3 Å². The molecule has 2 heterocycles. The third-order valence-corrected chi connectivity index (χ3v) is 6.34. The van der Waals surface area contributed by atoms with E-state index < -0.39 is 23.8 Å². The summed E-state index contributed by atoms with van der Waals surface area (Å²) >= 11 is 0. The first-order chi connectivity index (χ1) is 13.1. The fourth-order valence-corrected chi connectivity index (χ4v) is 4.92. The number of ether oxygens (including phenoxy) is 4. The predicted molar refractivity (Wildman–Crippen MR) is 104 cm³/mol. The monoisotopic (exact) mass is 388 g/mol. The second kappa shape index (κ2) is 6.82. The number of carbonyl (C=O) groups is 1. The minimum absolute atomic E-state index is 0.0866. The lowest BCUT2D eigenvalue weighted by Gasteiger charge is -2.48. The van der Waals surface area contributed by atoms with Crippen LogP contribution in [0.4, 0.5) is 0 Å². The molecule has 0 N–H and O–H groups in total. The molecule has 4 rings (SSSR count). The fraction of sp³-hybridized carbons (Fsp3) is 0.696. The fourth-order valence-electron chi connectivity index (χ4n) is 4.92. The molecule has 5 atom stereocenters. The van der Waals surface area contributed by atoms with Gasteiger partial charge in [0.15, 0.2) is 18.2 Å². The number of rotatable bonds is 3. The van der Waals surface area contributed by atoms with Crippen LogP contribution in [0.5, 0.6) is 0 Å². The number of carbonyl (C=O) groups excluding carboxylic acids is 1. The molecule has 2 unspecified atom stereocenters. The Bertz CT molecular complexity index is 722. The van der Waals surface area contributed by atoms with Crippen molar-refractivity contribution in [2.75, 3.05) is 0 Å². The lowest BCUT2D eigenvalue weighted by molar-refractivity contribution is -0.319. The number of hydrogen-bond donors (Lipinski definition) is 0. The maximum atomic E-state index is 13.6. The average Bonchev–Trinajstić information content (AvgIpc) is 2.87. The molecule has 0 radical (unpaired) electrons. The molecule has 0 spiro atoms. The highest BCUT2D eigenvalue weighted by molar-refractivity contribution is 5.84. The second-order valence-corrected chi connectivity index (χ2v) is 9.84. The van der Waals surface area contributed by atoms with Gasteiger partial charge in [-0.3, -0.25) is 0 Å². The van der Waals surface area contributed by atoms with E-state index in [1.165, 1.54) is 6.42 Å². The first-order valence-electron chi connectivity index (χ1n) is 10.4. The van der Waals surface area contributed by atoms with Gasteiger partial charge in [0.2, 0.25) is 5.60 Å². The number of hydrogen-bond acceptors (Lipinski definition) is 5. The second-order valence-electron chi connectivity index (χ2n) is 9.84. The Morgan fingerprint density at radius 3 is 2.36 bits per heavy atom. The first-order valence-corrected chi connectivity index (χ1v) is 10.4. The molecule has 0 amide bonds. The zero-order valence-corrected chi connectivity index (χ0v) is 17.6. The summed E-state index contributed by atoms with van der Waals surface area (Å²) in [6, 6.07) is 9.52. The van der Waals surface area contributed by atoms with Crippen molar-refractivity contribution in [3.05, 3.63) is 35.9 Å². The van der Waals surface area contributed by atoms with Gasteiger partial charge in [-0.15, -0.1) is 0 Å². The molecule has 3 aliphatic rings. The lowest BCUT2D eigenvalue weighted by Crippen LogP contribution is -2.65. The van der Waals surface area contributed by atoms with Gasteiger partial charge in [-0.05, 0) is 44.1 Å². The molecule has 2 saturated heterocycles. The van der Waals surface area contributed by atoms with Crippen molar-refractivity contribution in [2.24, 2.45) is 11.3 Å². The lowest BCUT2D eigenvalue weighted by atomic mass is 9.70. The Balaban J connectivity index is 1.62. The maximum Gasteiger partial charge on any atom is 0.346 e. The van der Waals surface area contributed by atoms with Crippen molar-refractivity contribution in [1.29, 1.82) is 0 Å². The quantitative estimate of drug-likeness (QED) is 0.712. The Kier molecular flexibility index (Phi) is 4.84. The molecular formula is C23H32O5. The smallest absolute Gasteiger partial charge is 0.346 e. The molecule has 0 aromatic heterocycles. The third kappa shape index (κ3) is 3.27. The van der Waals surface area contributed by atoms with Crippen molar-refractivity contribution in [3.8, 4) is 0 Å². The van der Waals surface area contributed by atoms with Gasteiger partial charge in [0.1, 0.15) is 6.10 Å². The Morgan fingerprint density at radius 2 is 1.71 bits per heavy atom. The summed E-state index contributed by atoms with van der Waals surface area (Å²) in [5.74, 6) is -0.807. The number of fused-ring (bicyclic) bond motifs is 1. The minimum atomic E-state index is -1.26. The van der Waals surface area contributed by atoms with E-state index in [0.717, 1.165) is 24.8 Å². The molecule has 28 heavy (non-hydrogen) atoms. The normalized spacial score (nSPS) is 37.0. The van der Waals surface area contributed by atoms with Crippen LogP contribution in [-0.4, -0.2) is 30.3 Å². The van der Waals surface area contributed by atoms with Gasteiger partial charge >= 0.3 is 5.97 Å². The number of benzene rings is 1. The highest BCUT2D eigenvalue weighted by Crippen LogP contribution is 2.52. The van der Waals surface area contributed by atoms with Crippen LogP contribution in [-0.2, 0) is 29.3 Å². The summed E-state index contributed by atoms with van der Waals surface area (Å²) in [5, 5.41) is 0. The third-order valence-electron chi connectivity index (χ3n) is 6.34. The molecule has 154 valence electrons. The molecule has 2 aliphatic heterocycles. The Morgan fingerprint density at radius 1 is 1.04 bits per heavy atom. The molecule has 5 heteroatoms. The van der Waals surface area contributed by atoms with E-state index in [0.29, 0.717) is 5.92 Å². The predicted octanol–water partition coefficient (Wildman–Crippen LogP) is 4.54. The zero-order valence-electron chi connectivity index (χ0n) is 17.6. The van der Waals surface area contributed by atoms with Crippen LogP contribution in [0.2, 0.25) is 0 Å². The summed E-state index contributed by atoms with van der Waals surface area (Å²) in [6.45, 7) is 10.4. The van der Waals surface area contributed by atoms with Crippen molar-refractivity contribution in [3.63, 3.8) is 0 Å². The molecular weight excluding hydrogens is 356 g/mol. The Labute approximate surface area is 167 Å². The van der Waals surface area contributed by atoms with Gasteiger partial charge in [-0.1, -0.05) is 57.5 Å². The molecule has 1 saturated carbocycles. The van der Waals surface area contributed by atoms with Gasteiger partial charge in [0.05, 0.1) is 0 Å². The van der Waals surface area contributed by atoms with Gasteiger partial charge in [0.25, 0.3) is 0 Å². The van der Waals surface area contributed by atoms with Crippen LogP contribution < -0.4 is 0 Å². The maximum absolute atomic E-state index is 13.6. The largest absolute Gasteiger partial charge is 0.460 e. The van der Waals surface area contributed by atoms with E-state index in [1.807, 2.05) is 44.2 Å². The topological polar surface area (TPSA) is 54.0 Å². The van der Waals surface area contributed by atoms with Crippen molar-refractivity contribution >= 4 is 5.97 Å². The van der Waals surface area contributed by atoms with E-state index in [9.17, 15) is 4.79 Å². The van der Waals surface area contributed by atoms with Crippen molar-refractivity contribution in [2.45, 2.75) is 90.2 Å². The van der Waals surface area contributed by atoms with Crippen molar-refractivity contribution < 1.29 is 23.7 Å². The van der Waals surface area contributed by atoms with Gasteiger partial charge in [-0.2, -0.15) is 0 Å². The van der Waals surface area contributed by atoms with E-state index in [2.05, 4.69) is 20.8 Å². The van der Waals surface area contributed by atoms with Crippen LogP contribution >= 0.6 is 0 Å². The van der Waals surface area contributed by atoms with Crippen molar-refractivity contribution in [1.82, 2.24) is 0 Å². The molecule has 0 bridgehead atoms. The van der Waals surface area contributed by atoms with Crippen LogP contribution in [0.25, 0.3) is 0 Å². The van der Waals surface area contributed by atoms with E-state index in [1.54, 1.807) is 0 Å². The SMILES string of the molecule is CC1(C)OC2O[C@](C(=O)O[C@@H]3CCCC[C@H]3C(C)(C)C)(c3ccccc3)C2O1. The Hall–Kier alpha value is -1.43. The first kappa shape index (κ1) is 19.9. The van der Waals surface area contributed by atoms with E-state index in [4.69, 9.17) is 18.9 Å². The standard InChI is InChI=1S/C23H32O5/c1-21(2,3)16-13-9-10-14-17(16)25-20(24)23(15-11-7-6-8-12-15)18-19(28-23)27-22(4,5)26-18/h6-8,11-12,16-19H,9-10,13-14H2,1-5H3/t16-,17-,18?,19?,23-/m1/s1. The zero-order chi connectivity index (χ0) is 20.2. The van der Waals surface area contributed by atoms with E-state index >= 15 is 0 Å². The molecule has 1 aromatic rings. The van der Waals surface area contributed by atoms with Crippen LogP contribution in [0.3, 0.4) is 0 Å². The molecule has 1 aliphatic carbocycles. The molecule has 5 nitrogen and oxygen atoms in total. The number of esters is 1. The summed E-state index contributed by atoms with van der Waals surface area (Å²) < 4.78 is 24.1.